The number of halogens is 1. The molecule has 0 fully saturated rings. The fourth-order valence-electron chi connectivity index (χ4n) is 2.31. The Hall–Kier alpha value is -1.06. The highest BCUT2D eigenvalue weighted by Gasteiger charge is 2.14. The Bertz CT molecular complexity index is 452. The van der Waals surface area contributed by atoms with Gasteiger partial charge >= 0.3 is 0 Å². The summed E-state index contributed by atoms with van der Waals surface area (Å²) in [4.78, 5) is 11.8. The number of nitrogens with two attached hydrogens (primary N) is 1. The molecule has 3 N–H and O–H groups in total. The van der Waals surface area contributed by atoms with Gasteiger partial charge in [-0.15, -0.1) is 12.4 Å². The van der Waals surface area contributed by atoms with Gasteiger partial charge in [-0.1, -0.05) is 18.2 Å². The summed E-state index contributed by atoms with van der Waals surface area (Å²) in [7, 11) is 0. The molecule has 0 radical (unpaired) electrons. The first-order valence-corrected chi connectivity index (χ1v) is 6.60. The average molecular weight is 283 g/mol. The summed E-state index contributed by atoms with van der Waals surface area (Å²) in [5, 5.41) is 2.87. The molecule has 2 rings (SSSR count). The summed E-state index contributed by atoms with van der Waals surface area (Å²) in [6.45, 7) is 4.32. The largest absolute Gasteiger partial charge is 0.354 e. The third-order valence-electron chi connectivity index (χ3n) is 3.27. The molecule has 0 atom stereocenters. The van der Waals surface area contributed by atoms with Crippen LogP contribution in [0.25, 0.3) is 0 Å². The number of fused-ring (bicyclic) bond motifs is 1. The number of carbonyl (C=O) groups excluding carboxylic acids is 1. The lowest BCUT2D eigenvalue weighted by molar-refractivity contribution is -0.120. The Morgan fingerprint density at radius 1 is 1.32 bits per heavy atom. The third kappa shape index (κ3) is 4.84. The molecule has 0 aliphatic heterocycles. The number of nitrogens with one attached hydrogen (secondary N) is 1. The molecule has 1 aromatic rings. The SMILES string of the molecule is CC(C)(N)CNC(=O)Cc1ccc2c(c1)CCC2.Cl. The minimum Gasteiger partial charge on any atom is -0.354 e. The van der Waals surface area contributed by atoms with E-state index in [4.69, 9.17) is 5.73 Å². The van der Waals surface area contributed by atoms with E-state index in [1.165, 1.54) is 24.0 Å². The second-order valence-corrected chi connectivity index (χ2v) is 5.90. The molecule has 4 heteroatoms. The summed E-state index contributed by atoms with van der Waals surface area (Å²) in [6.07, 6.45) is 4.03. The number of hydrogen-bond donors (Lipinski definition) is 2. The highest BCUT2D eigenvalue weighted by Crippen LogP contribution is 2.22. The van der Waals surface area contributed by atoms with E-state index in [1.807, 2.05) is 13.8 Å². The van der Waals surface area contributed by atoms with Gasteiger partial charge < -0.3 is 11.1 Å². The molecule has 0 heterocycles. The zero-order valence-electron chi connectivity index (χ0n) is 11.7. The van der Waals surface area contributed by atoms with Crippen LogP contribution in [0.4, 0.5) is 0 Å². The normalized spacial score (nSPS) is 13.6. The van der Waals surface area contributed by atoms with Crippen LogP contribution < -0.4 is 11.1 Å². The van der Waals surface area contributed by atoms with Crippen molar-refractivity contribution in [3.8, 4) is 0 Å². The van der Waals surface area contributed by atoms with Crippen molar-refractivity contribution in [1.82, 2.24) is 5.32 Å². The van der Waals surface area contributed by atoms with Crippen molar-refractivity contribution in [2.75, 3.05) is 6.54 Å². The lowest BCUT2D eigenvalue weighted by Gasteiger charge is -2.18. The summed E-state index contributed by atoms with van der Waals surface area (Å²) < 4.78 is 0. The number of carbonyl (C=O) groups is 1. The highest BCUT2D eigenvalue weighted by atomic mass is 35.5. The number of rotatable bonds is 4. The van der Waals surface area contributed by atoms with Crippen molar-refractivity contribution in [1.29, 1.82) is 0 Å². The smallest absolute Gasteiger partial charge is 0.224 e. The molecule has 1 aromatic carbocycles. The van der Waals surface area contributed by atoms with Gasteiger partial charge in [-0.3, -0.25) is 4.79 Å². The molecular formula is C15H23ClN2O. The van der Waals surface area contributed by atoms with Crippen LogP contribution in [0.2, 0.25) is 0 Å². The molecule has 0 bridgehead atoms. The van der Waals surface area contributed by atoms with Gasteiger partial charge in [0.2, 0.25) is 5.91 Å². The summed E-state index contributed by atoms with van der Waals surface area (Å²) in [5.74, 6) is 0.0477. The van der Waals surface area contributed by atoms with Crippen molar-refractivity contribution in [3.63, 3.8) is 0 Å². The minimum atomic E-state index is -0.354. The minimum absolute atomic E-state index is 0. The van der Waals surface area contributed by atoms with Gasteiger partial charge in [-0.25, -0.2) is 0 Å². The fraction of sp³-hybridized carbons (Fsp3) is 0.533. The first-order valence-electron chi connectivity index (χ1n) is 6.60. The van der Waals surface area contributed by atoms with Crippen LogP contribution in [0.3, 0.4) is 0 Å². The maximum atomic E-state index is 11.8. The predicted octanol–water partition coefficient (Wildman–Crippen LogP) is 1.99. The molecule has 0 aromatic heterocycles. The first kappa shape index (κ1) is 16.0. The van der Waals surface area contributed by atoms with Crippen LogP contribution in [0.5, 0.6) is 0 Å². The summed E-state index contributed by atoms with van der Waals surface area (Å²) >= 11 is 0. The molecule has 1 amide bonds. The Balaban J connectivity index is 0.00000180. The Kier molecular flexibility index (Phi) is 5.39. The van der Waals surface area contributed by atoms with Crippen LogP contribution in [0.1, 0.15) is 37.0 Å². The van der Waals surface area contributed by atoms with E-state index >= 15 is 0 Å². The van der Waals surface area contributed by atoms with E-state index < -0.39 is 0 Å². The summed E-state index contributed by atoms with van der Waals surface area (Å²) in [5.41, 5.74) is 9.45. The molecule has 0 spiro atoms. The van der Waals surface area contributed by atoms with Crippen LogP contribution in [-0.2, 0) is 24.1 Å². The second kappa shape index (κ2) is 6.40. The van der Waals surface area contributed by atoms with Gasteiger partial charge in [-0.05, 0) is 49.8 Å². The zero-order chi connectivity index (χ0) is 13.2. The van der Waals surface area contributed by atoms with Gasteiger partial charge in [0.1, 0.15) is 0 Å². The monoisotopic (exact) mass is 282 g/mol. The Labute approximate surface area is 121 Å². The Morgan fingerprint density at radius 3 is 2.68 bits per heavy atom. The van der Waals surface area contributed by atoms with Crippen LogP contribution in [0.15, 0.2) is 18.2 Å². The van der Waals surface area contributed by atoms with Gasteiger partial charge in [0.15, 0.2) is 0 Å². The van der Waals surface area contributed by atoms with Gasteiger partial charge in [0, 0.05) is 12.1 Å². The Morgan fingerprint density at radius 2 is 2.00 bits per heavy atom. The molecule has 0 saturated heterocycles. The predicted molar refractivity (Wildman–Crippen MR) is 80.7 cm³/mol. The molecule has 3 nitrogen and oxygen atoms in total. The average Bonchev–Trinajstić information content (AvgIpc) is 2.72. The van der Waals surface area contributed by atoms with E-state index in [9.17, 15) is 4.79 Å². The molecule has 19 heavy (non-hydrogen) atoms. The highest BCUT2D eigenvalue weighted by molar-refractivity contribution is 5.85. The number of amides is 1. The van der Waals surface area contributed by atoms with E-state index in [2.05, 4.69) is 23.5 Å². The van der Waals surface area contributed by atoms with E-state index in [-0.39, 0.29) is 23.9 Å². The molecule has 1 aliphatic carbocycles. The van der Waals surface area contributed by atoms with Gasteiger partial charge in [0.05, 0.1) is 6.42 Å². The van der Waals surface area contributed by atoms with E-state index in [0.717, 1.165) is 12.0 Å². The number of benzene rings is 1. The van der Waals surface area contributed by atoms with Crippen molar-refractivity contribution >= 4 is 18.3 Å². The maximum Gasteiger partial charge on any atom is 0.224 e. The number of hydrogen-bond acceptors (Lipinski definition) is 2. The molecular weight excluding hydrogens is 260 g/mol. The van der Waals surface area contributed by atoms with Crippen molar-refractivity contribution < 1.29 is 4.79 Å². The zero-order valence-corrected chi connectivity index (χ0v) is 12.5. The van der Waals surface area contributed by atoms with Crippen molar-refractivity contribution in [2.45, 2.75) is 45.1 Å². The quantitative estimate of drug-likeness (QED) is 0.887. The van der Waals surface area contributed by atoms with Crippen LogP contribution in [-0.4, -0.2) is 18.0 Å². The molecule has 1 aliphatic rings. The van der Waals surface area contributed by atoms with E-state index in [1.54, 1.807) is 0 Å². The molecule has 0 saturated carbocycles. The third-order valence-corrected chi connectivity index (χ3v) is 3.27. The van der Waals surface area contributed by atoms with Crippen LogP contribution >= 0.6 is 12.4 Å². The van der Waals surface area contributed by atoms with Gasteiger partial charge in [0.25, 0.3) is 0 Å². The lowest BCUT2D eigenvalue weighted by Crippen LogP contribution is -2.45. The number of aryl methyl sites for hydroxylation is 2. The van der Waals surface area contributed by atoms with E-state index in [0.29, 0.717) is 13.0 Å². The fourth-order valence-corrected chi connectivity index (χ4v) is 2.31. The summed E-state index contributed by atoms with van der Waals surface area (Å²) in [6, 6.07) is 6.41. The molecule has 106 valence electrons. The van der Waals surface area contributed by atoms with Gasteiger partial charge in [-0.2, -0.15) is 0 Å². The van der Waals surface area contributed by atoms with Crippen molar-refractivity contribution in [3.05, 3.63) is 34.9 Å². The van der Waals surface area contributed by atoms with Crippen LogP contribution in [0, 0.1) is 0 Å². The second-order valence-electron chi connectivity index (χ2n) is 5.90. The first-order chi connectivity index (χ1) is 8.44. The lowest BCUT2D eigenvalue weighted by atomic mass is 10.0. The standard InChI is InChI=1S/C15H22N2O.ClH/c1-15(2,16)10-17-14(18)9-11-6-7-12-4-3-5-13(12)8-11;/h6-8H,3-5,9-10,16H2,1-2H3,(H,17,18);1H. The maximum absolute atomic E-state index is 11.8. The van der Waals surface area contributed by atoms with Crippen molar-refractivity contribution in [2.24, 2.45) is 5.73 Å². The molecule has 0 unspecified atom stereocenters. The topological polar surface area (TPSA) is 55.1 Å².